The molecule has 1 aliphatic heterocycles. The Morgan fingerprint density at radius 1 is 1.00 bits per heavy atom. The number of carbonyl (C=O) groups is 1. The zero-order valence-electron chi connectivity index (χ0n) is 12.7. The van der Waals surface area contributed by atoms with Crippen LogP contribution < -0.4 is 10.6 Å². The Morgan fingerprint density at radius 2 is 1.76 bits per heavy atom. The summed E-state index contributed by atoms with van der Waals surface area (Å²) in [6.07, 6.45) is 7.96. The van der Waals surface area contributed by atoms with Gasteiger partial charge < -0.3 is 10.6 Å². The topological polar surface area (TPSA) is 41.1 Å². The number of amides is 1. The van der Waals surface area contributed by atoms with E-state index >= 15 is 0 Å². The number of benzene rings is 1. The van der Waals surface area contributed by atoms with E-state index in [-0.39, 0.29) is 11.9 Å². The maximum Gasteiger partial charge on any atom is 0.237 e. The third-order valence-corrected chi connectivity index (χ3v) is 4.97. The number of hydrogen-bond acceptors (Lipinski definition) is 2. The Bertz CT molecular complexity index is 446. The fraction of sp³-hybridized carbons (Fsp3) is 0.611. The van der Waals surface area contributed by atoms with Gasteiger partial charge in [0.25, 0.3) is 0 Å². The zero-order valence-corrected chi connectivity index (χ0v) is 12.7. The maximum absolute atomic E-state index is 12.2. The van der Waals surface area contributed by atoms with Gasteiger partial charge in [-0.05, 0) is 56.6 Å². The summed E-state index contributed by atoms with van der Waals surface area (Å²) in [6, 6.07) is 11.2. The van der Waals surface area contributed by atoms with E-state index in [0.717, 1.165) is 25.8 Å². The lowest BCUT2D eigenvalue weighted by molar-refractivity contribution is -0.124. The summed E-state index contributed by atoms with van der Waals surface area (Å²) >= 11 is 0. The molecule has 1 atom stereocenters. The first-order valence-electron chi connectivity index (χ1n) is 8.41. The van der Waals surface area contributed by atoms with Crippen LogP contribution in [0.2, 0.25) is 0 Å². The average Bonchev–Trinajstić information content (AvgIpc) is 2.57. The molecule has 2 fully saturated rings. The molecule has 1 aromatic carbocycles. The van der Waals surface area contributed by atoms with Gasteiger partial charge >= 0.3 is 0 Å². The first-order valence-corrected chi connectivity index (χ1v) is 8.41. The van der Waals surface area contributed by atoms with E-state index < -0.39 is 0 Å². The lowest BCUT2D eigenvalue weighted by Crippen LogP contribution is -2.50. The molecule has 1 amide bonds. The maximum atomic E-state index is 12.2. The van der Waals surface area contributed by atoms with E-state index in [1.165, 1.54) is 31.2 Å². The molecule has 1 saturated carbocycles. The highest BCUT2D eigenvalue weighted by molar-refractivity contribution is 5.82. The molecule has 0 radical (unpaired) electrons. The summed E-state index contributed by atoms with van der Waals surface area (Å²) in [6.45, 7) is 0.985. The van der Waals surface area contributed by atoms with Crippen molar-refractivity contribution in [1.29, 1.82) is 0 Å². The Labute approximate surface area is 127 Å². The van der Waals surface area contributed by atoms with E-state index in [1.54, 1.807) is 0 Å². The second kappa shape index (κ2) is 7.08. The van der Waals surface area contributed by atoms with Gasteiger partial charge in [0, 0.05) is 6.04 Å². The molecular weight excluding hydrogens is 260 g/mol. The minimum Gasteiger partial charge on any atom is -0.352 e. The normalized spacial score (nSPS) is 29.8. The van der Waals surface area contributed by atoms with Crippen LogP contribution in [0.4, 0.5) is 0 Å². The summed E-state index contributed by atoms with van der Waals surface area (Å²) in [4.78, 5) is 12.2. The van der Waals surface area contributed by atoms with Gasteiger partial charge in [-0.3, -0.25) is 4.79 Å². The van der Waals surface area contributed by atoms with Crippen molar-refractivity contribution in [2.24, 2.45) is 0 Å². The number of nitrogens with one attached hydrogen (secondary N) is 2. The van der Waals surface area contributed by atoms with Crippen LogP contribution in [0.15, 0.2) is 30.3 Å². The highest BCUT2D eigenvalue weighted by Crippen LogP contribution is 2.32. The summed E-state index contributed by atoms with van der Waals surface area (Å²) in [7, 11) is 0. The largest absolute Gasteiger partial charge is 0.352 e. The molecule has 2 N–H and O–H groups in total. The van der Waals surface area contributed by atoms with Crippen molar-refractivity contribution in [2.45, 2.75) is 62.9 Å². The number of carbonyl (C=O) groups excluding carboxylic acids is 1. The Kier molecular flexibility index (Phi) is 4.91. The van der Waals surface area contributed by atoms with Crippen LogP contribution in [0.3, 0.4) is 0 Å². The summed E-state index contributed by atoms with van der Waals surface area (Å²) < 4.78 is 0. The van der Waals surface area contributed by atoms with Crippen LogP contribution in [0.25, 0.3) is 0 Å². The first kappa shape index (κ1) is 14.6. The predicted molar refractivity (Wildman–Crippen MR) is 85.2 cm³/mol. The fourth-order valence-corrected chi connectivity index (χ4v) is 3.67. The van der Waals surface area contributed by atoms with Gasteiger partial charge in [0.05, 0.1) is 6.04 Å². The van der Waals surface area contributed by atoms with E-state index in [0.29, 0.717) is 12.0 Å². The third-order valence-electron chi connectivity index (χ3n) is 4.97. The minimum absolute atomic E-state index is 0.0468. The Hall–Kier alpha value is -1.35. The molecule has 0 spiro atoms. The molecule has 0 aromatic heterocycles. The van der Waals surface area contributed by atoms with Crippen LogP contribution >= 0.6 is 0 Å². The Morgan fingerprint density at radius 3 is 2.43 bits per heavy atom. The van der Waals surface area contributed by atoms with E-state index in [4.69, 9.17) is 0 Å². The molecule has 21 heavy (non-hydrogen) atoms. The van der Waals surface area contributed by atoms with E-state index in [1.807, 2.05) is 0 Å². The lowest BCUT2D eigenvalue weighted by atomic mass is 9.81. The smallest absolute Gasteiger partial charge is 0.237 e. The quantitative estimate of drug-likeness (QED) is 0.897. The van der Waals surface area contributed by atoms with Crippen LogP contribution in [0.1, 0.15) is 56.4 Å². The lowest BCUT2D eigenvalue weighted by Gasteiger charge is -2.31. The molecule has 3 heteroatoms. The standard InChI is InChI=1S/C18H26N2O/c21-18(17-8-4-5-13-19-17)20-16-11-9-15(10-12-16)14-6-2-1-3-7-14/h1-3,6-7,15-17,19H,4-5,8-13H2,(H,20,21). The van der Waals surface area contributed by atoms with Crippen LogP contribution in [0.5, 0.6) is 0 Å². The monoisotopic (exact) mass is 286 g/mol. The van der Waals surface area contributed by atoms with Gasteiger partial charge in [-0.1, -0.05) is 36.8 Å². The molecule has 1 aromatic rings. The molecule has 114 valence electrons. The van der Waals surface area contributed by atoms with Crippen LogP contribution in [-0.4, -0.2) is 24.5 Å². The van der Waals surface area contributed by atoms with Gasteiger partial charge in [-0.2, -0.15) is 0 Å². The number of rotatable bonds is 3. The Balaban J connectivity index is 1.46. The molecule has 3 rings (SSSR count). The van der Waals surface area contributed by atoms with Gasteiger partial charge in [-0.15, -0.1) is 0 Å². The second-order valence-electron chi connectivity index (χ2n) is 6.47. The SMILES string of the molecule is O=C(NC1CCC(c2ccccc2)CC1)C1CCCCN1. The van der Waals surface area contributed by atoms with Crippen LogP contribution in [-0.2, 0) is 4.79 Å². The fourth-order valence-electron chi connectivity index (χ4n) is 3.67. The van der Waals surface area contributed by atoms with Crippen molar-refractivity contribution < 1.29 is 4.79 Å². The van der Waals surface area contributed by atoms with Gasteiger partial charge in [0.2, 0.25) is 5.91 Å². The molecule has 3 nitrogen and oxygen atoms in total. The molecule has 1 unspecified atom stereocenters. The predicted octanol–water partition coefficient (Wildman–Crippen LogP) is 2.97. The van der Waals surface area contributed by atoms with Gasteiger partial charge in [0.1, 0.15) is 0 Å². The third kappa shape index (κ3) is 3.85. The van der Waals surface area contributed by atoms with Crippen molar-refractivity contribution >= 4 is 5.91 Å². The number of hydrogen-bond donors (Lipinski definition) is 2. The summed E-state index contributed by atoms with van der Waals surface area (Å²) in [5, 5.41) is 6.59. The van der Waals surface area contributed by atoms with Crippen molar-refractivity contribution in [3.8, 4) is 0 Å². The molecule has 0 bridgehead atoms. The zero-order chi connectivity index (χ0) is 14.5. The minimum atomic E-state index is 0.0468. The molecule has 1 heterocycles. The number of piperidine rings is 1. The molecule has 1 aliphatic carbocycles. The molecular formula is C18H26N2O. The van der Waals surface area contributed by atoms with Crippen LogP contribution in [0, 0.1) is 0 Å². The molecule has 1 saturated heterocycles. The van der Waals surface area contributed by atoms with Gasteiger partial charge in [-0.25, -0.2) is 0 Å². The summed E-state index contributed by atoms with van der Waals surface area (Å²) in [5.74, 6) is 0.894. The van der Waals surface area contributed by atoms with Gasteiger partial charge in [0.15, 0.2) is 0 Å². The van der Waals surface area contributed by atoms with Crippen molar-refractivity contribution in [3.63, 3.8) is 0 Å². The van der Waals surface area contributed by atoms with Crippen molar-refractivity contribution in [3.05, 3.63) is 35.9 Å². The summed E-state index contributed by atoms with van der Waals surface area (Å²) in [5.41, 5.74) is 1.45. The van der Waals surface area contributed by atoms with E-state index in [9.17, 15) is 4.79 Å². The highest BCUT2D eigenvalue weighted by atomic mass is 16.2. The second-order valence-corrected chi connectivity index (χ2v) is 6.47. The highest BCUT2D eigenvalue weighted by Gasteiger charge is 2.26. The average molecular weight is 286 g/mol. The molecule has 2 aliphatic rings. The van der Waals surface area contributed by atoms with Crippen molar-refractivity contribution in [2.75, 3.05) is 6.54 Å². The van der Waals surface area contributed by atoms with E-state index in [2.05, 4.69) is 41.0 Å². The van der Waals surface area contributed by atoms with Crippen molar-refractivity contribution in [1.82, 2.24) is 10.6 Å². The first-order chi connectivity index (χ1) is 10.3.